The summed E-state index contributed by atoms with van der Waals surface area (Å²) in [4.78, 5) is 51.3. The van der Waals surface area contributed by atoms with Gasteiger partial charge in [0.15, 0.2) is 0 Å². The van der Waals surface area contributed by atoms with Crippen LogP contribution in [0.15, 0.2) is 77.8 Å². The molecule has 2 heterocycles. The zero-order valence-electron chi connectivity index (χ0n) is 30.1. The molecular formula is C38H50N6O5S2. The zero-order valence-corrected chi connectivity index (χ0v) is 31.7. The number of aliphatic hydroxyl groups is 1. The van der Waals surface area contributed by atoms with Crippen molar-refractivity contribution >= 4 is 40.7 Å². The second-order valence-electron chi connectivity index (χ2n) is 13.4. The van der Waals surface area contributed by atoms with E-state index in [0.29, 0.717) is 25.3 Å². The molecule has 1 unspecified atom stereocenters. The molecule has 0 saturated heterocycles. The normalized spacial score (nSPS) is 14.3. The number of thiazole rings is 2. The smallest absolute Gasteiger partial charge is 0.408 e. The Morgan fingerprint density at radius 1 is 0.882 bits per heavy atom. The first kappa shape index (κ1) is 39.5. The highest BCUT2D eigenvalue weighted by Gasteiger charge is 2.31. The molecule has 274 valence electrons. The number of carbonyl (C=O) groups excluding carboxylic acids is 3. The second kappa shape index (κ2) is 19.3. The average Bonchev–Trinajstić information content (AvgIpc) is 3.81. The highest BCUT2D eigenvalue weighted by molar-refractivity contribution is 7.10. The molecule has 51 heavy (non-hydrogen) atoms. The number of alkyl carbamates (subject to hydrolysis) is 1. The van der Waals surface area contributed by atoms with Crippen molar-refractivity contribution in [1.29, 1.82) is 0 Å². The first-order chi connectivity index (χ1) is 24.4. The molecule has 4 rings (SSSR count). The van der Waals surface area contributed by atoms with Crippen LogP contribution in [0.5, 0.6) is 0 Å². The average molecular weight is 735 g/mol. The molecule has 0 aliphatic rings. The largest absolute Gasteiger partial charge is 0.441 e. The molecule has 13 heteroatoms. The molecule has 0 spiro atoms. The van der Waals surface area contributed by atoms with E-state index in [1.54, 1.807) is 37.0 Å². The summed E-state index contributed by atoms with van der Waals surface area (Å²) < 4.78 is 5.63. The lowest BCUT2D eigenvalue weighted by molar-refractivity contribution is -0.124. The standard InChI is InChI=1S/C38H50N6O5S2/c1-24(2)34(43-37(47)44(6)21-30-22-50-36(41-30)25(3)4)35(46)40-29(17-27-13-9-7-10-14-27)19-32(45)31(18-28-15-11-8-12-16-28)42-38(48)49-26(5)33-20-39-23-51-33/h7-16,20,22-26,29,31-32,34,45H,17-19,21H2,1-6H3,(H,40,46)(H,42,48)(H,43,47)/t26?,29-,31-,32-,34-/m0/s1. The van der Waals surface area contributed by atoms with Gasteiger partial charge in [-0.2, -0.15) is 0 Å². The van der Waals surface area contributed by atoms with Crippen LogP contribution in [0.4, 0.5) is 9.59 Å². The quantitative estimate of drug-likeness (QED) is 0.0974. The molecular weight excluding hydrogens is 685 g/mol. The van der Waals surface area contributed by atoms with E-state index in [9.17, 15) is 19.5 Å². The van der Waals surface area contributed by atoms with E-state index < -0.39 is 36.4 Å². The Morgan fingerprint density at radius 2 is 1.53 bits per heavy atom. The van der Waals surface area contributed by atoms with Gasteiger partial charge in [0.1, 0.15) is 12.1 Å². The molecule has 0 aliphatic heterocycles. The van der Waals surface area contributed by atoms with Gasteiger partial charge in [0.2, 0.25) is 5.91 Å². The van der Waals surface area contributed by atoms with Crippen molar-refractivity contribution in [2.24, 2.45) is 5.92 Å². The minimum Gasteiger partial charge on any atom is -0.441 e. The molecule has 4 amide bonds. The van der Waals surface area contributed by atoms with Crippen LogP contribution in [0.25, 0.3) is 0 Å². The first-order valence-electron chi connectivity index (χ1n) is 17.3. The van der Waals surface area contributed by atoms with E-state index in [0.717, 1.165) is 26.7 Å². The molecule has 4 N–H and O–H groups in total. The number of hydrogen-bond acceptors (Lipinski definition) is 9. The molecule has 4 aromatic rings. The van der Waals surface area contributed by atoms with Crippen molar-refractivity contribution in [3.05, 3.63) is 104 Å². The lowest BCUT2D eigenvalue weighted by Gasteiger charge is -2.31. The van der Waals surface area contributed by atoms with Crippen molar-refractivity contribution in [3.63, 3.8) is 0 Å². The van der Waals surface area contributed by atoms with E-state index in [1.165, 1.54) is 16.2 Å². The van der Waals surface area contributed by atoms with Crippen molar-refractivity contribution < 1.29 is 24.2 Å². The van der Waals surface area contributed by atoms with Gasteiger partial charge in [-0.15, -0.1) is 22.7 Å². The molecule has 2 aromatic heterocycles. The number of rotatable bonds is 17. The van der Waals surface area contributed by atoms with Gasteiger partial charge in [-0.3, -0.25) is 9.78 Å². The lowest BCUT2D eigenvalue weighted by atomic mass is 9.93. The van der Waals surface area contributed by atoms with E-state index in [1.807, 2.05) is 79.9 Å². The Bertz CT molecular complexity index is 1650. The third kappa shape index (κ3) is 12.4. The van der Waals surface area contributed by atoms with Crippen LogP contribution in [0.2, 0.25) is 0 Å². The van der Waals surface area contributed by atoms with Crippen molar-refractivity contribution in [2.75, 3.05) is 7.05 Å². The monoisotopic (exact) mass is 734 g/mol. The summed E-state index contributed by atoms with van der Waals surface area (Å²) in [5.41, 5.74) is 4.36. The molecule has 0 aliphatic carbocycles. The number of aromatic nitrogens is 2. The fourth-order valence-corrected chi connectivity index (χ4v) is 7.00. The van der Waals surface area contributed by atoms with Crippen molar-refractivity contribution in [1.82, 2.24) is 30.8 Å². The zero-order chi connectivity index (χ0) is 36.9. The van der Waals surface area contributed by atoms with Crippen LogP contribution in [0.3, 0.4) is 0 Å². The second-order valence-corrected chi connectivity index (χ2v) is 15.3. The predicted molar refractivity (Wildman–Crippen MR) is 202 cm³/mol. The molecule has 0 bridgehead atoms. The number of urea groups is 1. The summed E-state index contributed by atoms with van der Waals surface area (Å²) in [6.07, 6.45) is 0.315. The minimum absolute atomic E-state index is 0.128. The molecule has 2 aromatic carbocycles. The van der Waals surface area contributed by atoms with Gasteiger partial charge in [0, 0.05) is 30.6 Å². The Kier molecular flexibility index (Phi) is 15.0. The van der Waals surface area contributed by atoms with Gasteiger partial charge in [-0.25, -0.2) is 14.6 Å². The first-order valence-corrected chi connectivity index (χ1v) is 19.0. The number of aliphatic hydroxyl groups excluding tert-OH is 1. The Morgan fingerprint density at radius 3 is 2.10 bits per heavy atom. The number of hydrogen-bond donors (Lipinski definition) is 4. The van der Waals surface area contributed by atoms with Gasteiger partial charge in [-0.05, 0) is 43.2 Å². The third-order valence-corrected chi connectivity index (χ3v) is 10.6. The van der Waals surface area contributed by atoms with Crippen molar-refractivity contribution in [3.8, 4) is 0 Å². The fourth-order valence-electron chi connectivity index (χ4n) is 5.57. The van der Waals surface area contributed by atoms with E-state index >= 15 is 0 Å². The Hall–Kier alpha value is -4.33. The minimum atomic E-state index is -1.06. The highest BCUT2D eigenvalue weighted by Crippen LogP contribution is 2.22. The summed E-state index contributed by atoms with van der Waals surface area (Å²) in [6, 6.07) is 16.8. The topological polar surface area (TPSA) is 146 Å². The number of benzene rings is 2. The molecule has 5 atom stereocenters. The summed E-state index contributed by atoms with van der Waals surface area (Å²) in [7, 11) is 1.68. The van der Waals surface area contributed by atoms with Crippen molar-refractivity contribution in [2.45, 2.75) is 96.7 Å². The van der Waals surface area contributed by atoms with Crippen LogP contribution < -0.4 is 16.0 Å². The van der Waals surface area contributed by atoms with Crippen LogP contribution in [0, 0.1) is 5.92 Å². The Balaban J connectivity index is 1.48. The molecule has 0 radical (unpaired) electrons. The van der Waals surface area contributed by atoms with E-state index in [-0.39, 0.29) is 24.3 Å². The molecule has 11 nitrogen and oxygen atoms in total. The summed E-state index contributed by atoms with van der Waals surface area (Å²) in [5.74, 6) is -0.282. The van der Waals surface area contributed by atoms with Gasteiger partial charge < -0.3 is 30.7 Å². The Labute approximate surface area is 308 Å². The van der Waals surface area contributed by atoms with Crippen LogP contribution >= 0.6 is 22.7 Å². The van der Waals surface area contributed by atoms with Gasteiger partial charge >= 0.3 is 12.1 Å². The number of nitrogens with one attached hydrogen (secondary N) is 3. The SMILES string of the molecule is CC(C)c1nc(CN(C)C(=O)N[C@H](C(=O)N[C@@H](Cc2ccccc2)C[C@H](O)[C@H](Cc2ccccc2)NC(=O)OC(C)c2cncs2)C(C)C)cs1. The number of nitrogens with zero attached hydrogens (tertiary/aromatic N) is 3. The van der Waals surface area contributed by atoms with E-state index in [4.69, 9.17) is 4.74 Å². The maximum absolute atomic E-state index is 13.9. The van der Waals surface area contributed by atoms with Crippen LogP contribution in [-0.4, -0.2) is 69.3 Å². The third-order valence-electron chi connectivity index (χ3n) is 8.44. The van der Waals surface area contributed by atoms with E-state index in [2.05, 4.69) is 39.8 Å². The molecule has 0 fully saturated rings. The fraction of sp³-hybridized carbons (Fsp3) is 0.447. The number of carbonyl (C=O) groups is 3. The maximum Gasteiger partial charge on any atom is 0.408 e. The summed E-state index contributed by atoms with van der Waals surface area (Å²) in [6.45, 7) is 9.99. The highest BCUT2D eigenvalue weighted by atomic mass is 32.1. The maximum atomic E-state index is 13.9. The van der Waals surface area contributed by atoms with Crippen LogP contribution in [0.1, 0.15) is 79.8 Å². The summed E-state index contributed by atoms with van der Waals surface area (Å²) >= 11 is 2.96. The van der Waals surface area contributed by atoms with Gasteiger partial charge in [0.05, 0.1) is 39.8 Å². The van der Waals surface area contributed by atoms with Crippen LogP contribution in [-0.2, 0) is 28.9 Å². The number of ether oxygens (including phenoxy) is 1. The molecule has 0 saturated carbocycles. The lowest BCUT2D eigenvalue weighted by Crippen LogP contribution is -2.55. The van der Waals surface area contributed by atoms with Gasteiger partial charge in [-0.1, -0.05) is 88.4 Å². The number of amides is 4. The summed E-state index contributed by atoms with van der Waals surface area (Å²) in [5, 5.41) is 23.6. The van der Waals surface area contributed by atoms with Gasteiger partial charge in [0.25, 0.3) is 0 Å². The predicted octanol–water partition coefficient (Wildman–Crippen LogP) is 6.47.